The molecule has 1 aromatic rings. The van der Waals surface area contributed by atoms with Crippen LogP contribution in [0.4, 0.5) is 5.69 Å². The monoisotopic (exact) mass is 308 g/mol. The van der Waals surface area contributed by atoms with E-state index in [2.05, 4.69) is 69.4 Å². The second-order valence-electron chi connectivity index (χ2n) is 6.26. The summed E-state index contributed by atoms with van der Waals surface area (Å²) in [5.74, 6) is 1.89. The highest BCUT2D eigenvalue weighted by Crippen LogP contribution is 2.22. The Labute approximate surface area is 135 Å². The number of hydrogen-bond donors (Lipinski definition) is 1. The summed E-state index contributed by atoms with van der Waals surface area (Å²) >= 11 is 1.93. The predicted octanol–water partition coefficient (Wildman–Crippen LogP) is 4.32. The predicted molar refractivity (Wildman–Crippen MR) is 98.6 cm³/mol. The lowest BCUT2D eigenvalue weighted by molar-refractivity contribution is 0.551. The van der Waals surface area contributed by atoms with Crippen LogP contribution in [0.15, 0.2) is 18.2 Å². The molecule has 0 aliphatic rings. The number of nitrogens with zero attached hydrogens (tertiary/aromatic N) is 1. The highest BCUT2D eigenvalue weighted by atomic mass is 32.2. The summed E-state index contributed by atoms with van der Waals surface area (Å²) in [6.45, 7) is 11.0. The Balaban J connectivity index is 2.72. The average Bonchev–Trinajstić information content (AvgIpc) is 2.45. The smallest absolute Gasteiger partial charge is 0.0374 e. The van der Waals surface area contributed by atoms with E-state index in [0.29, 0.717) is 12.0 Å². The van der Waals surface area contributed by atoms with Crippen molar-refractivity contribution < 1.29 is 0 Å². The molecule has 0 spiro atoms. The van der Waals surface area contributed by atoms with Gasteiger partial charge in [0, 0.05) is 31.1 Å². The molecule has 0 bridgehead atoms. The quantitative estimate of drug-likeness (QED) is 0.731. The lowest BCUT2D eigenvalue weighted by Crippen LogP contribution is -2.33. The maximum atomic E-state index is 3.53. The van der Waals surface area contributed by atoms with Crippen LogP contribution in [0.5, 0.6) is 0 Å². The van der Waals surface area contributed by atoms with Crippen LogP contribution in [0.2, 0.25) is 0 Å². The Morgan fingerprint density at radius 3 is 2.52 bits per heavy atom. The third-order valence-corrected chi connectivity index (χ3v) is 4.70. The van der Waals surface area contributed by atoms with Gasteiger partial charge in [-0.05, 0) is 55.3 Å². The van der Waals surface area contributed by atoms with Crippen molar-refractivity contribution in [1.82, 2.24) is 5.32 Å². The van der Waals surface area contributed by atoms with Crippen molar-refractivity contribution in [2.45, 2.75) is 46.7 Å². The van der Waals surface area contributed by atoms with Gasteiger partial charge < -0.3 is 10.2 Å². The molecule has 0 fully saturated rings. The fraction of sp³-hybridized carbons (Fsp3) is 0.667. The molecular formula is C18H32N2S. The molecule has 0 amide bonds. The first-order valence-electron chi connectivity index (χ1n) is 8.01. The van der Waals surface area contributed by atoms with Crippen LogP contribution in [-0.4, -0.2) is 31.6 Å². The minimum Gasteiger partial charge on any atom is -0.371 e. The summed E-state index contributed by atoms with van der Waals surface area (Å²) in [4.78, 5) is 2.43. The highest BCUT2D eigenvalue weighted by molar-refractivity contribution is 7.98. The van der Waals surface area contributed by atoms with E-state index < -0.39 is 0 Å². The van der Waals surface area contributed by atoms with Crippen LogP contribution in [-0.2, 0) is 6.54 Å². The van der Waals surface area contributed by atoms with E-state index in [9.17, 15) is 0 Å². The molecule has 0 heterocycles. The number of rotatable bonds is 9. The number of hydrogen-bond acceptors (Lipinski definition) is 3. The maximum Gasteiger partial charge on any atom is 0.0374 e. The van der Waals surface area contributed by atoms with Gasteiger partial charge in [-0.1, -0.05) is 26.8 Å². The molecule has 0 saturated heterocycles. The first-order chi connectivity index (χ1) is 9.99. The Kier molecular flexibility index (Phi) is 8.20. The zero-order valence-corrected chi connectivity index (χ0v) is 15.4. The Hall–Kier alpha value is -0.670. The highest BCUT2D eigenvalue weighted by Gasteiger charge is 2.13. The molecule has 1 rings (SSSR count). The van der Waals surface area contributed by atoms with Gasteiger partial charge in [-0.3, -0.25) is 0 Å². The normalized spacial score (nSPS) is 12.7. The minimum absolute atomic E-state index is 0.615. The van der Waals surface area contributed by atoms with Gasteiger partial charge in [-0.15, -0.1) is 0 Å². The van der Waals surface area contributed by atoms with E-state index in [1.54, 1.807) is 0 Å². The summed E-state index contributed by atoms with van der Waals surface area (Å²) in [7, 11) is 2.22. The van der Waals surface area contributed by atoms with Crippen molar-refractivity contribution in [1.29, 1.82) is 0 Å². The molecule has 21 heavy (non-hydrogen) atoms. The van der Waals surface area contributed by atoms with E-state index in [1.165, 1.54) is 29.0 Å². The lowest BCUT2D eigenvalue weighted by atomic mass is 10.1. The third kappa shape index (κ3) is 5.91. The molecule has 0 radical (unpaired) electrons. The van der Waals surface area contributed by atoms with E-state index in [4.69, 9.17) is 0 Å². The summed E-state index contributed by atoms with van der Waals surface area (Å²) in [5, 5.41) is 3.53. The number of thioether (sulfide) groups is 1. The van der Waals surface area contributed by atoms with Crippen molar-refractivity contribution in [2.24, 2.45) is 5.92 Å². The summed E-state index contributed by atoms with van der Waals surface area (Å²) in [6, 6.07) is 7.49. The van der Waals surface area contributed by atoms with E-state index >= 15 is 0 Å². The van der Waals surface area contributed by atoms with E-state index in [1.807, 2.05) is 11.8 Å². The van der Waals surface area contributed by atoms with Gasteiger partial charge in [0.25, 0.3) is 0 Å². The van der Waals surface area contributed by atoms with Gasteiger partial charge in [-0.2, -0.15) is 11.8 Å². The number of nitrogens with one attached hydrogen (secondary N) is 1. The van der Waals surface area contributed by atoms with Crippen LogP contribution in [0.3, 0.4) is 0 Å². The van der Waals surface area contributed by atoms with E-state index in [0.717, 1.165) is 13.1 Å². The second kappa shape index (κ2) is 9.37. The zero-order chi connectivity index (χ0) is 15.8. The second-order valence-corrected chi connectivity index (χ2v) is 7.17. The summed E-state index contributed by atoms with van der Waals surface area (Å²) in [6.07, 6.45) is 3.37. The first-order valence-corrected chi connectivity index (χ1v) is 9.41. The molecule has 1 atom stereocenters. The standard InChI is InChI=1S/C18H32N2S/c1-7-17(13-21-6)20(5)18-9-8-16(15(4)10-18)12-19-11-14(2)3/h8-10,14,17,19H,7,11-13H2,1-6H3. The number of benzene rings is 1. The maximum absolute atomic E-state index is 3.53. The number of anilines is 1. The molecule has 3 heteroatoms. The average molecular weight is 309 g/mol. The van der Waals surface area contributed by atoms with Crippen molar-refractivity contribution in [3.05, 3.63) is 29.3 Å². The lowest BCUT2D eigenvalue weighted by Gasteiger charge is -2.29. The van der Waals surface area contributed by atoms with Crippen molar-refractivity contribution in [2.75, 3.05) is 30.5 Å². The molecule has 120 valence electrons. The minimum atomic E-state index is 0.615. The summed E-state index contributed by atoms with van der Waals surface area (Å²) < 4.78 is 0. The molecule has 0 aliphatic heterocycles. The van der Waals surface area contributed by atoms with Crippen LogP contribution in [0, 0.1) is 12.8 Å². The number of aryl methyl sites for hydroxylation is 1. The Morgan fingerprint density at radius 1 is 1.29 bits per heavy atom. The fourth-order valence-electron chi connectivity index (χ4n) is 2.50. The topological polar surface area (TPSA) is 15.3 Å². The fourth-order valence-corrected chi connectivity index (χ4v) is 3.34. The van der Waals surface area contributed by atoms with Crippen LogP contribution >= 0.6 is 11.8 Å². The molecule has 1 unspecified atom stereocenters. The van der Waals surface area contributed by atoms with Crippen LogP contribution in [0.1, 0.15) is 38.3 Å². The molecule has 0 aliphatic carbocycles. The van der Waals surface area contributed by atoms with Gasteiger partial charge in [0.15, 0.2) is 0 Å². The third-order valence-electron chi connectivity index (χ3n) is 3.98. The molecule has 0 aromatic heterocycles. The molecule has 0 saturated carbocycles. The van der Waals surface area contributed by atoms with Crippen molar-refractivity contribution in [3.63, 3.8) is 0 Å². The van der Waals surface area contributed by atoms with Crippen molar-refractivity contribution >= 4 is 17.4 Å². The van der Waals surface area contributed by atoms with E-state index in [-0.39, 0.29) is 0 Å². The van der Waals surface area contributed by atoms with Crippen molar-refractivity contribution in [3.8, 4) is 0 Å². The van der Waals surface area contributed by atoms with Gasteiger partial charge in [0.2, 0.25) is 0 Å². The molecule has 2 nitrogen and oxygen atoms in total. The van der Waals surface area contributed by atoms with Gasteiger partial charge >= 0.3 is 0 Å². The van der Waals surface area contributed by atoms with Crippen LogP contribution in [0.25, 0.3) is 0 Å². The van der Waals surface area contributed by atoms with Gasteiger partial charge in [0.05, 0.1) is 0 Å². The Bertz CT molecular complexity index is 418. The zero-order valence-electron chi connectivity index (χ0n) is 14.6. The van der Waals surface area contributed by atoms with Gasteiger partial charge in [-0.25, -0.2) is 0 Å². The molecular weight excluding hydrogens is 276 g/mol. The van der Waals surface area contributed by atoms with Crippen LogP contribution < -0.4 is 10.2 Å². The van der Waals surface area contributed by atoms with Gasteiger partial charge in [0.1, 0.15) is 0 Å². The summed E-state index contributed by atoms with van der Waals surface area (Å²) in [5.41, 5.74) is 4.13. The first kappa shape index (κ1) is 18.4. The molecule has 1 aromatic carbocycles. The molecule has 1 N–H and O–H groups in total. The largest absolute Gasteiger partial charge is 0.371 e. The Morgan fingerprint density at radius 2 is 2.00 bits per heavy atom. The SMILES string of the molecule is CCC(CSC)N(C)c1ccc(CNCC(C)C)c(C)c1.